The number of hydrogen-bond donors (Lipinski definition) is 0. The zero-order valence-electron chi connectivity index (χ0n) is 44.1. The van der Waals surface area contributed by atoms with E-state index >= 15 is 0 Å². The normalized spacial score (nSPS) is 11.7. The molecule has 0 saturated heterocycles. The standard InChI is InChI=1S/2C28H42O7S.Ca/c2*1-3-5-7-9-11-13-15-17-22-34-27(29)24-20-19-21-25(36(31,32)33)26(24)28(30)35-23-18-16-14-12-10-8-6-4-2;/h2*5-8,19-21H,3-4,9-18,22-23H2,1-2H3,(H,31,32,33);/q;;+2/p-2/b2*7-5+,8-6+;. The summed E-state index contributed by atoms with van der Waals surface area (Å²) < 4.78 is 91.5. The number of benzene rings is 2. The number of ether oxygens (including phenoxy) is 4. The van der Waals surface area contributed by atoms with Crippen LogP contribution in [0.4, 0.5) is 0 Å². The van der Waals surface area contributed by atoms with Gasteiger partial charge in [0.15, 0.2) is 0 Å². The average molecular weight is 1080 g/mol. The van der Waals surface area contributed by atoms with Crippen molar-refractivity contribution in [2.75, 3.05) is 26.4 Å². The van der Waals surface area contributed by atoms with Gasteiger partial charge in [-0.15, -0.1) is 0 Å². The fraction of sp³-hybridized carbons (Fsp3) is 0.571. The Morgan fingerprint density at radius 3 is 0.877 bits per heavy atom. The molecule has 2 aromatic carbocycles. The molecular weight excluding hydrogens is 1000 g/mol. The van der Waals surface area contributed by atoms with Gasteiger partial charge in [0.25, 0.3) is 0 Å². The van der Waals surface area contributed by atoms with E-state index in [4.69, 9.17) is 18.9 Å². The second kappa shape index (κ2) is 43.6. The summed E-state index contributed by atoms with van der Waals surface area (Å²) in [7, 11) is -10.00. The van der Waals surface area contributed by atoms with E-state index in [-0.39, 0.29) is 75.3 Å². The molecule has 0 unspecified atom stereocenters. The van der Waals surface area contributed by atoms with Gasteiger partial charge in [0.1, 0.15) is 20.2 Å². The first-order chi connectivity index (χ1) is 34.6. The van der Waals surface area contributed by atoms with Gasteiger partial charge in [-0.25, -0.2) is 36.0 Å². The van der Waals surface area contributed by atoms with Gasteiger partial charge in [-0.1, -0.05) is 140 Å². The molecular formula is C56H82CaO14S2. The van der Waals surface area contributed by atoms with Gasteiger partial charge < -0.3 is 28.1 Å². The molecule has 0 N–H and O–H groups in total. The second-order valence-corrected chi connectivity index (χ2v) is 19.8. The van der Waals surface area contributed by atoms with E-state index in [1.54, 1.807) is 0 Å². The largest absolute Gasteiger partial charge is 2.00 e. The van der Waals surface area contributed by atoms with Crippen LogP contribution in [0.25, 0.3) is 0 Å². The third kappa shape index (κ3) is 32.4. The Bertz CT molecular complexity index is 2060. The summed E-state index contributed by atoms with van der Waals surface area (Å²) >= 11 is 0. The predicted molar refractivity (Wildman–Crippen MR) is 286 cm³/mol. The number of rotatable bonds is 38. The van der Waals surface area contributed by atoms with Crippen molar-refractivity contribution in [1.82, 2.24) is 0 Å². The molecule has 0 heterocycles. The van der Waals surface area contributed by atoms with Crippen LogP contribution < -0.4 is 0 Å². The summed E-state index contributed by atoms with van der Waals surface area (Å²) in [4.78, 5) is 49.2. The third-order valence-corrected chi connectivity index (χ3v) is 12.8. The summed E-state index contributed by atoms with van der Waals surface area (Å²) in [5.74, 6) is -3.72. The summed E-state index contributed by atoms with van der Waals surface area (Å²) in [5, 5.41) is 0. The topological polar surface area (TPSA) is 220 Å². The molecule has 0 aliphatic heterocycles. The number of esters is 4. The maximum atomic E-state index is 12.7. The maximum absolute atomic E-state index is 12.7. The van der Waals surface area contributed by atoms with Gasteiger partial charge in [-0.2, -0.15) is 0 Å². The molecule has 0 atom stereocenters. The first-order valence-electron chi connectivity index (χ1n) is 26.1. The van der Waals surface area contributed by atoms with E-state index in [1.165, 1.54) is 24.3 Å². The Balaban J connectivity index is 0.00000140. The quantitative estimate of drug-likeness (QED) is 0.0152. The molecule has 0 bridgehead atoms. The van der Waals surface area contributed by atoms with Crippen LogP contribution in [0.3, 0.4) is 0 Å². The van der Waals surface area contributed by atoms with Crippen LogP contribution in [0, 0.1) is 0 Å². The first-order valence-corrected chi connectivity index (χ1v) is 28.9. The molecule has 0 aliphatic carbocycles. The molecule has 0 amide bonds. The monoisotopic (exact) mass is 1080 g/mol. The zero-order chi connectivity index (χ0) is 53.3. The first kappa shape index (κ1) is 69.4. The summed E-state index contributed by atoms with van der Waals surface area (Å²) in [6.45, 7) is 8.77. The van der Waals surface area contributed by atoms with Crippen molar-refractivity contribution in [1.29, 1.82) is 0 Å². The fourth-order valence-corrected chi connectivity index (χ4v) is 8.59. The molecule has 73 heavy (non-hydrogen) atoms. The van der Waals surface area contributed by atoms with Crippen LogP contribution in [0.1, 0.15) is 223 Å². The summed E-state index contributed by atoms with van der Waals surface area (Å²) in [6, 6.07) is 7.05. The molecule has 0 aliphatic rings. The minimum atomic E-state index is -5.00. The van der Waals surface area contributed by atoms with Gasteiger partial charge >= 0.3 is 61.6 Å². The van der Waals surface area contributed by atoms with Crippen molar-refractivity contribution in [3.8, 4) is 0 Å². The van der Waals surface area contributed by atoms with E-state index in [9.17, 15) is 45.1 Å². The van der Waals surface area contributed by atoms with E-state index in [0.29, 0.717) is 25.7 Å². The van der Waals surface area contributed by atoms with E-state index in [1.807, 2.05) is 0 Å². The molecule has 2 rings (SSSR count). The van der Waals surface area contributed by atoms with Crippen molar-refractivity contribution in [2.45, 2.75) is 192 Å². The van der Waals surface area contributed by atoms with Crippen LogP contribution in [0.5, 0.6) is 0 Å². The van der Waals surface area contributed by atoms with Crippen molar-refractivity contribution in [2.24, 2.45) is 0 Å². The van der Waals surface area contributed by atoms with Gasteiger partial charge in [0, 0.05) is 0 Å². The Kier molecular flexibility index (Phi) is 41.4. The number of unbranched alkanes of at least 4 members (excludes halogenated alkanes) is 16. The molecule has 404 valence electrons. The summed E-state index contributed by atoms with van der Waals surface area (Å²) in [5.41, 5.74) is -1.65. The van der Waals surface area contributed by atoms with Crippen LogP contribution in [-0.4, -0.2) is 114 Å². The van der Waals surface area contributed by atoms with Gasteiger partial charge in [0.05, 0.1) is 58.5 Å². The van der Waals surface area contributed by atoms with Crippen LogP contribution >= 0.6 is 0 Å². The fourth-order valence-electron chi connectivity index (χ4n) is 7.21. The number of carbonyl (C=O) groups is 4. The van der Waals surface area contributed by atoms with E-state index in [0.717, 1.165) is 141 Å². The minimum Gasteiger partial charge on any atom is -0.744 e. The Hall–Kier alpha value is -3.64. The van der Waals surface area contributed by atoms with E-state index < -0.39 is 65.0 Å². The molecule has 2 aromatic rings. The third-order valence-electron chi connectivity index (χ3n) is 11.0. The minimum absolute atomic E-state index is 0. The number of carbonyl (C=O) groups excluding carboxylic acids is 4. The van der Waals surface area contributed by atoms with Gasteiger partial charge in [-0.3, -0.25) is 0 Å². The SMILES string of the molecule is CC/C=C/CCCCCCOC(=O)c1cccc(S(=O)(=O)[O-])c1C(=O)OCCCCCC/C=C/CC.CC/C=C/CCCCCCOC(=O)c1cccc(S(=O)(=O)[O-])c1C(=O)OCCCCCC/C=C/CC.[Ca+2]. The molecule has 0 fully saturated rings. The van der Waals surface area contributed by atoms with Crippen LogP contribution in [0.2, 0.25) is 0 Å². The molecule has 14 nitrogen and oxygen atoms in total. The number of hydrogen-bond acceptors (Lipinski definition) is 14. The molecule has 0 radical (unpaired) electrons. The van der Waals surface area contributed by atoms with Crippen molar-refractivity contribution in [3.05, 3.63) is 107 Å². The zero-order valence-corrected chi connectivity index (χ0v) is 48.0. The Labute approximate surface area is 467 Å². The Morgan fingerprint density at radius 2 is 0.630 bits per heavy atom. The van der Waals surface area contributed by atoms with E-state index in [2.05, 4.69) is 76.3 Å². The van der Waals surface area contributed by atoms with Crippen molar-refractivity contribution >= 4 is 81.9 Å². The molecule has 0 saturated carbocycles. The van der Waals surface area contributed by atoms with Crippen LogP contribution in [0.15, 0.2) is 94.8 Å². The molecule has 0 spiro atoms. The van der Waals surface area contributed by atoms with Crippen molar-refractivity contribution < 1.29 is 64.1 Å². The summed E-state index contributed by atoms with van der Waals surface area (Å²) in [6.07, 6.45) is 39.3. The maximum Gasteiger partial charge on any atom is 2.00 e. The molecule has 0 aromatic heterocycles. The number of allylic oxidation sites excluding steroid dienone is 8. The smallest absolute Gasteiger partial charge is 0.744 e. The van der Waals surface area contributed by atoms with Crippen molar-refractivity contribution in [3.63, 3.8) is 0 Å². The predicted octanol–water partition coefficient (Wildman–Crippen LogP) is 13.1. The second-order valence-electron chi connectivity index (χ2n) is 17.1. The van der Waals surface area contributed by atoms with Gasteiger partial charge in [-0.05, 0) is 127 Å². The average Bonchev–Trinajstić information content (AvgIpc) is 3.35. The van der Waals surface area contributed by atoms with Crippen LogP contribution in [-0.2, 0) is 39.2 Å². The molecule has 17 heteroatoms. The Morgan fingerprint density at radius 1 is 0.384 bits per heavy atom. The van der Waals surface area contributed by atoms with Gasteiger partial charge in [0.2, 0.25) is 0 Å².